The molecule has 12 nitrogen and oxygen atoms in total. The number of hydrogen-bond donors (Lipinski definition) is 5. The first-order valence-electron chi connectivity index (χ1n) is 14.5. The van der Waals surface area contributed by atoms with E-state index in [2.05, 4.69) is 20.9 Å². The molecule has 3 rings (SSSR count). The Balaban J connectivity index is 1.59. The molecular formula is C32H42N4O8. The normalized spacial score (nSPS) is 12.6. The number of alkyl carbamates (subject to hydrolysis) is 2. The van der Waals surface area contributed by atoms with Crippen LogP contribution in [0.4, 0.5) is 9.59 Å². The topological polar surface area (TPSA) is 168 Å². The Bertz CT molecular complexity index is 1400. The Kier molecular flexibility index (Phi) is 12.6. The van der Waals surface area contributed by atoms with Crippen LogP contribution in [-0.2, 0) is 43.4 Å². The van der Waals surface area contributed by atoms with E-state index in [0.29, 0.717) is 37.1 Å². The van der Waals surface area contributed by atoms with Crippen molar-refractivity contribution in [1.82, 2.24) is 20.9 Å². The molecule has 44 heavy (non-hydrogen) atoms. The molecule has 0 aliphatic rings. The second-order valence-electron chi connectivity index (χ2n) is 11.3. The van der Waals surface area contributed by atoms with Gasteiger partial charge in [0.1, 0.15) is 24.3 Å². The highest BCUT2D eigenvalue weighted by Gasteiger charge is 2.27. The van der Waals surface area contributed by atoms with Crippen molar-refractivity contribution >= 4 is 35.0 Å². The maximum Gasteiger partial charge on any atom is 0.408 e. The van der Waals surface area contributed by atoms with Crippen LogP contribution in [0.25, 0.3) is 10.9 Å². The van der Waals surface area contributed by atoms with E-state index in [1.165, 1.54) is 7.11 Å². The van der Waals surface area contributed by atoms with Gasteiger partial charge in [-0.2, -0.15) is 0 Å². The number of methoxy groups -OCH3 is 1. The quantitative estimate of drug-likeness (QED) is 0.0951. The van der Waals surface area contributed by atoms with Gasteiger partial charge in [0.25, 0.3) is 0 Å². The van der Waals surface area contributed by atoms with E-state index in [4.69, 9.17) is 14.2 Å². The Morgan fingerprint density at radius 1 is 0.932 bits per heavy atom. The number of aliphatic carboxylic acids is 1. The SMILES string of the molecule is COC(=O)[C@H](CCCCNC(=O)OCc1ccccc1)NCc1[nH]c2ccccc2c1C[C@@H](NC(=O)OC(C)(C)C)C(=O)O. The minimum atomic E-state index is -1.24. The molecule has 1 heterocycles. The minimum absolute atomic E-state index is 0.00939. The summed E-state index contributed by atoms with van der Waals surface area (Å²) in [5.41, 5.74) is 2.28. The Hall–Kier alpha value is -4.58. The molecule has 12 heteroatoms. The van der Waals surface area contributed by atoms with E-state index < -0.39 is 41.8 Å². The van der Waals surface area contributed by atoms with Crippen LogP contribution >= 0.6 is 0 Å². The lowest BCUT2D eigenvalue weighted by Crippen LogP contribution is -2.45. The highest BCUT2D eigenvalue weighted by molar-refractivity contribution is 5.87. The van der Waals surface area contributed by atoms with Gasteiger partial charge in [0.05, 0.1) is 7.11 Å². The maximum absolute atomic E-state index is 12.6. The lowest BCUT2D eigenvalue weighted by atomic mass is 10.0. The number of aromatic nitrogens is 1. The van der Waals surface area contributed by atoms with E-state index in [0.717, 1.165) is 16.5 Å². The third kappa shape index (κ3) is 10.9. The van der Waals surface area contributed by atoms with Gasteiger partial charge in [-0.1, -0.05) is 48.5 Å². The number of carbonyl (C=O) groups is 4. The average molecular weight is 611 g/mol. The number of aromatic amines is 1. The van der Waals surface area contributed by atoms with Gasteiger partial charge in [0.15, 0.2) is 0 Å². The van der Waals surface area contributed by atoms with Gasteiger partial charge in [-0.15, -0.1) is 0 Å². The number of hydrogen-bond acceptors (Lipinski definition) is 8. The van der Waals surface area contributed by atoms with Crippen molar-refractivity contribution in [3.05, 3.63) is 71.4 Å². The number of carbonyl (C=O) groups excluding carboxylic acids is 3. The number of ether oxygens (including phenoxy) is 3. The lowest BCUT2D eigenvalue weighted by molar-refractivity contribution is -0.143. The fourth-order valence-corrected chi connectivity index (χ4v) is 4.60. The summed E-state index contributed by atoms with van der Waals surface area (Å²) < 4.78 is 15.5. The number of benzene rings is 2. The van der Waals surface area contributed by atoms with Gasteiger partial charge >= 0.3 is 24.1 Å². The molecule has 5 N–H and O–H groups in total. The number of para-hydroxylation sites is 1. The van der Waals surface area contributed by atoms with Crippen molar-refractivity contribution in [2.45, 2.75) is 77.3 Å². The summed E-state index contributed by atoms with van der Waals surface area (Å²) in [5.74, 6) is -1.64. The molecule has 0 bridgehead atoms. The highest BCUT2D eigenvalue weighted by Crippen LogP contribution is 2.24. The molecule has 0 saturated heterocycles. The van der Waals surface area contributed by atoms with Crippen LogP contribution in [-0.4, -0.2) is 65.6 Å². The number of fused-ring (bicyclic) bond motifs is 1. The van der Waals surface area contributed by atoms with Crippen molar-refractivity contribution < 1.29 is 38.5 Å². The molecule has 2 aromatic carbocycles. The molecule has 2 atom stereocenters. The Morgan fingerprint density at radius 3 is 2.32 bits per heavy atom. The summed E-state index contributed by atoms with van der Waals surface area (Å²) in [6.07, 6.45) is 0.333. The fourth-order valence-electron chi connectivity index (χ4n) is 4.60. The Morgan fingerprint density at radius 2 is 1.64 bits per heavy atom. The van der Waals surface area contributed by atoms with E-state index in [1.807, 2.05) is 54.6 Å². The van der Waals surface area contributed by atoms with Gasteiger partial charge in [0.2, 0.25) is 0 Å². The van der Waals surface area contributed by atoms with Gasteiger partial charge in [-0.25, -0.2) is 14.4 Å². The van der Waals surface area contributed by atoms with Gasteiger partial charge < -0.3 is 34.9 Å². The first-order chi connectivity index (χ1) is 21.0. The smallest absolute Gasteiger partial charge is 0.408 e. The van der Waals surface area contributed by atoms with E-state index in [9.17, 15) is 24.3 Å². The minimum Gasteiger partial charge on any atom is -0.480 e. The van der Waals surface area contributed by atoms with E-state index in [-0.39, 0.29) is 19.6 Å². The monoisotopic (exact) mass is 610 g/mol. The zero-order valence-electron chi connectivity index (χ0n) is 25.6. The average Bonchev–Trinajstić information content (AvgIpc) is 3.33. The van der Waals surface area contributed by atoms with E-state index in [1.54, 1.807) is 20.8 Å². The second kappa shape index (κ2) is 16.3. The maximum atomic E-state index is 12.6. The molecule has 238 valence electrons. The molecule has 0 saturated carbocycles. The molecule has 0 aliphatic carbocycles. The molecule has 0 aliphatic heterocycles. The predicted molar refractivity (Wildman–Crippen MR) is 164 cm³/mol. The molecule has 3 aromatic rings. The number of unbranched alkanes of at least 4 members (excludes halogenated alkanes) is 1. The summed E-state index contributed by atoms with van der Waals surface area (Å²) in [4.78, 5) is 52.3. The number of H-pyrrole nitrogens is 1. The molecule has 0 fully saturated rings. The third-order valence-corrected chi connectivity index (χ3v) is 6.71. The predicted octanol–water partition coefficient (Wildman–Crippen LogP) is 4.42. The number of carboxylic acid groups (broad SMARTS) is 1. The van der Waals surface area contributed by atoms with Crippen molar-refractivity contribution in [1.29, 1.82) is 0 Å². The lowest BCUT2D eigenvalue weighted by Gasteiger charge is -2.22. The molecule has 1 aromatic heterocycles. The molecule has 0 spiro atoms. The summed E-state index contributed by atoms with van der Waals surface area (Å²) in [5, 5.41) is 19.1. The third-order valence-electron chi connectivity index (χ3n) is 6.71. The van der Waals surface area contributed by atoms with Crippen molar-refractivity contribution in [2.24, 2.45) is 0 Å². The number of rotatable bonds is 15. The largest absolute Gasteiger partial charge is 0.480 e. The molecule has 0 radical (unpaired) electrons. The van der Waals surface area contributed by atoms with Crippen LogP contribution in [0.5, 0.6) is 0 Å². The van der Waals surface area contributed by atoms with E-state index >= 15 is 0 Å². The second-order valence-corrected chi connectivity index (χ2v) is 11.3. The zero-order chi connectivity index (χ0) is 32.1. The summed E-state index contributed by atoms with van der Waals surface area (Å²) in [6.45, 7) is 5.87. The van der Waals surface area contributed by atoms with Crippen LogP contribution in [0, 0.1) is 0 Å². The van der Waals surface area contributed by atoms with Crippen molar-refractivity contribution in [3.8, 4) is 0 Å². The zero-order valence-corrected chi connectivity index (χ0v) is 25.6. The van der Waals surface area contributed by atoms with Crippen LogP contribution < -0.4 is 16.0 Å². The first-order valence-corrected chi connectivity index (χ1v) is 14.5. The number of carboxylic acids is 1. The standard InChI is InChI=1S/C32H42N4O8/c1-32(2,3)44-31(41)36-26(28(37)38)18-23-22-14-8-9-15-24(22)35-27(23)19-34-25(29(39)42-4)16-10-11-17-33-30(40)43-20-21-12-6-5-7-13-21/h5-9,12-15,25-26,34-35H,10-11,16-20H2,1-4H3,(H,33,40)(H,36,41)(H,37,38)/t25-,26+/m0/s1. The number of esters is 1. The number of amides is 2. The van der Waals surface area contributed by atoms with Crippen LogP contribution in [0.3, 0.4) is 0 Å². The molecule has 0 unspecified atom stereocenters. The van der Waals surface area contributed by atoms with Crippen molar-refractivity contribution in [3.63, 3.8) is 0 Å². The summed E-state index contributed by atoms with van der Waals surface area (Å²) in [6, 6.07) is 14.9. The van der Waals surface area contributed by atoms with Crippen LogP contribution in [0.1, 0.15) is 56.9 Å². The first kappa shape index (κ1) is 33.9. The van der Waals surface area contributed by atoms with Gasteiger partial charge in [0, 0.05) is 36.1 Å². The fraction of sp³-hybridized carbons (Fsp3) is 0.438. The summed E-state index contributed by atoms with van der Waals surface area (Å²) in [7, 11) is 1.31. The molecule has 2 amide bonds. The van der Waals surface area contributed by atoms with Gasteiger partial charge in [-0.3, -0.25) is 10.1 Å². The highest BCUT2D eigenvalue weighted by atomic mass is 16.6. The van der Waals surface area contributed by atoms with Gasteiger partial charge in [-0.05, 0) is 57.2 Å². The molecular weight excluding hydrogens is 568 g/mol. The van der Waals surface area contributed by atoms with Crippen LogP contribution in [0.15, 0.2) is 54.6 Å². The Labute approximate surface area is 256 Å². The number of nitrogens with one attached hydrogen (secondary N) is 4. The van der Waals surface area contributed by atoms with Crippen LogP contribution in [0.2, 0.25) is 0 Å². The van der Waals surface area contributed by atoms with Crippen molar-refractivity contribution in [2.75, 3.05) is 13.7 Å². The summed E-state index contributed by atoms with van der Waals surface area (Å²) >= 11 is 0.